The van der Waals surface area contributed by atoms with E-state index in [-0.39, 0.29) is 5.60 Å². The molecule has 1 rings (SSSR count). The molecule has 0 unspecified atom stereocenters. The van der Waals surface area contributed by atoms with Gasteiger partial charge in [-0.2, -0.15) is 0 Å². The molecule has 1 saturated carbocycles. The molecule has 1 N–H and O–H groups in total. The van der Waals surface area contributed by atoms with Crippen LogP contribution in [0.5, 0.6) is 0 Å². The van der Waals surface area contributed by atoms with Crippen LogP contribution < -0.4 is 5.32 Å². The molecule has 0 radical (unpaired) electrons. The van der Waals surface area contributed by atoms with Gasteiger partial charge in [0.25, 0.3) is 0 Å². The normalized spacial score (nSPS) is 19.7. The van der Waals surface area contributed by atoms with Crippen LogP contribution in [0.15, 0.2) is 0 Å². The van der Waals surface area contributed by atoms with E-state index >= 15 is 0 Å². The molecule has 0 aromatic carbocycles. The second-order valence-electron chi connectivity index (χ2n) is 4.92. The van der Waals surface area contributed by atoms with Gasteiger partial charge in [-0.1, -0.05) is 13.8 Å². The van der Waals surface area contributed by atoms with Crippen molar-refractivity contribution in [3.63, 3.8) is 0 Å². The van der Waals surface area contributed by atoms with Gasteiger partial charge in [0.1, 0.15) is 0 Å². The molecule has 2 nitrogen and oxygen atoms in total. The Morgan fingerprint density at radius 3 is 2.50 bits per heavy atom. The lowest BCUT2D eigenvalue weighted by molar-refractivity contribution is -0.106. The fourth-order valence-corrected chi connectivity index (χ4v) is 1.90. The van der Waals surface area contributed by atoms with Gasteiger partial charge in [0, 0.05) is 6.61 Å². The second-order valence-corrected chi connectivity index (χ2v) is 4.92. The summed E-state index contributed by atoms with van der Waals surface area (Å²) in [6.45, 7) is 6.54. The maximum absolute atomic E-state index is 6.04. The van der Waals surface area contributed by atoms with Crippen LogP contribution in [0, 0.1) is 5.92 Å². The molecule has 84 valence electrons. The topological polar surface area (TPSA) is 21.3 Å². The minimum Gasteiger partial charge on any atom is -0.375 e. The summed E-state index contributed by atoms with van der Waals surface area (Å²) in [5, 5.41) is 3.21. The van der Waals surface area contributed by atoms with Crippen molar-refractivity contribution in [1.82, 2.24) is 5.32 Å². The quantitative estimate of drug-likeness (QED) is 0.680. The fraction of sp³-hybridized carbons (Fsp3) is 1.00. The molecule has 0 aromatic heterocycles. The first-order valence-corrected chi connectivity index (χ1v) is 5.97. The van der Waals surface area contributed by atoms with E-state index in [9.17, 15) is 0 Å². The van der Waals surface area contributed by atoms with Crippen LogP contribution in [0.25, 0.3) is 0 Å². The summed E-state index contributed by atoms with van der Waals surface area (Å²) in [6.07, 6.45) is 6.27. The molecule has 0 aromatic rings. The summed E-state index contributed by atoms with van der Waals surface area (Å²) in [5.74, 6) is 0.761. The largest absolute Gasteiger partial charge is 0.375 e. The fourth-order valence-electron chi connectivity index (χ4n) is 1.90. The van der Waals surface area contributed by atoms with Crippen LogP contribution >= 0.6 is 0 Å². The Bertz CT molecular complexity index is 152. The van der Waals surface area contributed by atoms with Crippen molar-refractivity contribution >= 4 is 0 Å². The standard InChI is InChI=1S/C12H25NO/c1-11(2)5-10-14-12(6-4-7-12)8-9-13-3/h11,13H,4-10H2,1-3H3. The van der Waals surface area contributed by atoms with Crippen molar-refractivity contribution in [3.05, 3.63) is 0 Å². The van der Waals surface area contributed by atoms with E-state index in [2.05, 4.69) is 19.2 Å². The van der Waals surface area contributed by atoms with Gasteiger partial charge in [0.05, 0.1) is 5.60 Å². The molecule has 2 heteroatoms. The predicted molar refractivity (Wildman–Crippen MR) is 60.5 cm³/mol. The summed E-state index contributed by atoms with van der Waals surface area (Å²) in [5.41, 5.74) is 0.248. The van der Waals surface area contributed by atoms with E-state index in [0.29, 0.717) is 0 Å². The molecular formula is C12H25NO. The van der Waals surface area contributed by atoms with E-state index < -0.39 is 0 Å². The minimum absolute atomic E-state index is 0.248. The highest BCUT2D eigenvalue weighted by molar-refractivity contribution is 4.90. The highest BCUT2D eigenvalue weighted by Gasteiger charge is 2.37. The van der Waals surface area contributed by atoms with Gasteiger partial charge in [-0.15, -0.1) is 0 Å². The monoisotopic (exact) mass is 199 g/mol. The van der Waals surface area contributed by atoms with E-state index in [1.807, 2.05) is 7.05 Å². The third kappa shape index (κ3) is 3.58. The third-order valence-electron chi connectivity index (χ3n) is 3.20. The van der Waals surface area contributed by atoms with E-state index in [1.54, 1.807) is 0 Å². The van der Waals surface area contributed by atoms with E-state index in [4.69, 9.17) is 4.74 Å². The number of hydrogen-bond donors (Lipinski definition) is 1. The average Bonchev–Trinajstić information content (AvgIpc) is 2.07. The summed E-state index contributed by atoms with van der Waals surface area (Å²) in [6, 6.07) is 0. The molecule has 14 heavy (non-hydrogen) atoms. The minimum atomic E-state index is 0.248. The van der Waals surface area contributed by atoms with Gasteiger partial charge in [-0.25, -0.2) is 0 Å². The average molecular weight is 199 g/mol. The van der Waals surface area contributed by atoms with E-state index in [0.717, 1.165) is 19.1 Å². The Hall–Kier alpha value is -0.0800. The Kier molecular flexibility index (Phi) is 4.90. The molecule has 0 spiro atoms. The molecule has 1 aliphatic carbocycles. The molecule has 0 heterocycles. The summed E-state index contributed by atoms with van der Waals surface area (Å²) < 4.78 is 6.04. The first-order valence-electron chi connectivity index (χ1n) is 5.97. The van der Waals surface area contributed by atoms with Gasteiger partial charge in [-0.05, 0) is 51.6 Å². The van der Waals surface area contributed by atoms with Crippen LogP contribution in [0.1, 0.15) is 46.0 Å². The van der Waals surface area contributed by atoms with Crippen molar-refractivity contribution in [2.75, 3.05) is 20.2 Å². The molecule has 0 saturated heterocycles. The summed E-state index contributed by atoms with van der Waals surface area (Å²) in [7, 11) is 2.01. The Morgan fingerprint density at radius 2 is 2.07 bits per heavy atom. The molecule has 0 amide bonds. The van der Waals surface area contributed by atoms with Gasteiger partial charge in [0.15, 0.2) is 0 Å². The van der Waals surface area contributed by atoms with Gasteiger partial charge in [0.2, 0.25) is 0 Å². The van der Waals surface area contributed by atoms with Crippen LogP contribution in [0.4, 0.5) is 0 Å². The first-order chi connectivity index (χ1) is 6.68. The highest BCUT2D eigenvalue weighted by Crippen LogP contribution is 2.38. The van der Waals surface area contributed by atoms with Crippen molar-refractivity contribution in [2.45, 2.75) is 51.6 Å². The summed E-state index contributed by atoms with van der Waals surface area (Å²) in [4.78, 5) is 0. The lowest BCUT2D eigenvalue weighted by Crippen LogP contribution is -2.42. The maximum atomic E-state index is 6.04. The number of hydrogen-bond acceptors (Lipinski definition) is 2. The number of nitrogens with one attached hydrogen (secondary N) is 1. The SMILES string of the molecule is CNCCC1(OCCC(C)C)CCC1. The lowest BCUT2D eigenvalue weighted by atomic mass is 9.77. The van der Waals surface area contributed by atoms with Crippen molar-refractivity contribution in [3.8, 4) is 0 Å². The first kappa shape index (κ1) is 12.0. The Balaban J connectivity index is 2.16. The highest BCUT2D eigenvalue weighted by atomic mass is 16.5. The van der Waals surface area contributed by atoms with Crippen LogP contribution in [0.3, 0.4) is 0 Å². The Morgan fingerprint density at radius 1 is 1.36 bits per heavy atom. The zero-order chi connectivity index (χ0) is 10.4. The molecular weight excluding hydrogens is 174 g/mol. The van der Waals surface area contributed by atoms with Crippen molar-refractivity contribution in [1.29, 1.82) is 0 Å². The number of ether oxygens (including phenoxy) is 1. The smallest absolute Gasteiger partial charge is 0.0694 e. The molecule has 1 aliphatic rings. The Labute approximate surface area is 88.4 Å². The van der Waals surface area contributed by atoms with Crippen LogP contribution in [-0.2, 0) is 4.74 Å². The van der Waals surface area contributed by atoms with Crippen molar-refractivity contribution in [2.24, 2.45) is 5.92 Å². The van der Waals surface area contributed by atoms with Gasteiger partial charge >= 0.3 is 0 Å². The zero-order valence-electron chi connectivity index (χ0n) is 9.94. The molecule has 0 atom stereocenters. The molecule has 0 aliphatic heterocycles. The van der Waals surface area contributed by atoms with Gasteiger partial charge < -0.3 is 10.1 Å². The van der Waals surface area contributed by atoms with Gasteiger partial charge in [-0.3, -0.25) is 0 Å². The summed E-state index contributed by atoms with van der Waals surface area (Å²) >= 11 is 0. The predicted octanol–water partition coefficient (Wildman–Crippen LogP) is 2.58. The molecule has 1 fully saturated rings. The third-order valence-corrected chi connectivity index (χ3v) is 3.20. The van der Waals surface area contributed by atoms with Crippen LogP contribution in [0.2, 0.25) is 0 Å². The maximum Gasteiger partial charge on any atom is 0.0694 e. The zero-order valence-corrected chi connectivity index (χ0v) is 9.94. The van der Waals surface area contributed by atoms with Crippen molar-refractivity contribution < 1.29 is 4.74 Å². The van der Waals surface area contributed by atoms with Crippen LogP contribution in [-0.4, -0.2) is 25.8 Å². The number of rotatable bonds is 7. The molecule has 0 bridgehead atoms. The second kappa shape index (κ2) is 5.72. The lowest BCUT2D eigenvalue weighted by Gasteiger charge is -2.42. The van der Waals surface area contributed by atoms with E-state index in [1.165, 1.54) is 32.1 Å².